The van der Waals surface area contributed by atoms with E-state index < -0.39 is 11.9 Å². The Hall–Kier alpha value is 0.421. The standard InChI is InChI=1S/C6H10O4.Sr.2H/c1-4(2-5(7)8)3-6(9)10;;;/h4H,2-3H2,1H3,(H,7,8)(H,9,10);;;/q;+2;2*-1. The molecule has 0 heterocycles. The third kappa shape index (κ3) is 10.4. The van der Waals surface area contributed by atoms with Crippen LogP contribution in [0.15, 0.2) is 0 Å². The summed E-state index contributed by atoms with van der Waals surface area (Å²) in [5.41, 5.74) is 0. The molecule has 0 saturated carbocycles. The van der Waals surface area contributed by atoms with Gasteiger partial charge in [0, 0.05) is 12.8 Å². The molecule has 0 aliphatic heterocycles. The Labute approximate surface area is 105 Å². The number of hydrogen-bond acceptors (Lipinski definition) is 2. The maximum Gasteiger partial charge on any atom is 2.00 e. The van der Waals surface area contributed by atoms with Crippen LogP contribution in [0.5, 0.6) is 0 Å². The molecule has 2 N–H and O–H groups in total. The predicted molar refractivity (Wildman–Crippen MR) is 41.6 cm³/mol. The molecular formula is C6H12O4Sr. The Morgan fingerprint density at radius 2 is 1.55 bits per heavy atom. The van der Waals surface area contributed by atoms with Gasteiger partial charge in [0.05, 0.1) is 0 Å². The van der Waals surface area contributed by atoms with Crippen LogP contribution in [0.3, 0.4) is 0 Å². The van der Waals surface area contributed by atoms with Crippen molar-refractivity contribution in [2.75, 3.05) is 0 Å². The van der Waals surface area contributed by atoms with Gasteiger partial charge in [-0.3, -0.25) is 9.59 Å². The molecule has 0 saturated heterocycles. The molecule has 5 heteroatoms. The summed E-state index contributed by atoms with van der Waals surface area (Å²) in [5, 5.41) is 16.4. The van der Waals surface area contributed by atoms with E-state index in [1.165, 1.54) is 0 Å². The summed E-state index contributed by atoms with van der Waals surface area (Å²) < 4.78 is 0. The second kappa shape index (κ2) is 7.09. The Morgan fingerprint density at radius 3 is 1.73 bits per heavy atom. The third-order valence-electron chi connectivity index (χ3n) is 1.05. The minimum Gasteiger partial charge on any atom is -1.00 e. The van der Waals surface area contributed by atoms with E-state index in [4.69, 9.17) is 10.2 Å². The van der Waals surface area contributed by atoms with E-state index in [1.54, 1.807) is 6.92 Å². The van der Waals surface area contributed by atoms with Crippen molar-refractivity contribution >= 4 is 57.4 Å². The first-order valence-corrected chi connectivity index (χ1v) is 2.96. The number of carboxylic acid groups (broad SMARTS) is 2. The van der Waals surface area contributed by atoms with Crippen LogP contribution in [-0.4, -0.2) is 67.6 Å². The van der Waals surface area contributed by atoms with Crippen LogP contribution in [0.4, 0.5) is 0 Å². The first-order chi connectivity index (χ1) is 4.52. The SMILES string of the molecule is CC(CC(=O)O)CC(=O)O.[H-].[H-].[Sr+2]. The Kier molecular flexibility index (Phi) is 9.01. The normalized spacial score (nSPS) is 8.91. The molecular weight excluding hydrogens is 224 g/mol. The number of aliphatic carboxylic acids is 2. The summed E-state index contributed by atoms with van der Waals surface area (Å²) in [6.45, 7) is 1.60. The molecule has 0 aromatic heterocycles. The van der Waals surface area contributed by atoms with Gasteiger partial charge >= 0.3 is 57.4 Å². The summed E-state index contributed by atoms with van der Waals surface area (Å²) in [5.74, 6) is -2.18. The Morgan fingerprint density at radius 1 is 1.27 bits per heavy atom. The van der Waals surface area contributed by atoms with Crippen molar-refractivity contribution in [3.63, 3.8) is 0 Å². The molecule has 0 aliphatic rings. The maximum atomic E-state index is 10.00. The van der Waals surface area contributed by atoms with Gasteiger partial charge in [-0.05, 0) is 5.92 Å². The summed E-state index contributed by atoms with van der Waals surface area (Å²) in [7, 11) is 0. The number of rotatable bonds is 4. The minimum absolute atomic E-state index is 0. The van der Waals surface area contributed by atoms with E-state index in [0.717, 1.165) is 0 Å². The van der Waals surface area contributed by atoms with Crippen molar-refractivity contribution in [3.05, 3.63) is 0 Å². The molecule has 0 bridgehead atoms. The Bertz CT molecular complexity index is 138. The van der Waals surface area contributed by atoms with Crippen molar-refractivity contribution in [1.82, 2.24) is 0 Å². The van der Waals surface area contributed by atoms with Crippen LogP contribution < -0.4 is 0 Å². The fourth-order valence-electron chi connectivity index (χ4n) is 0.668. The van der Waals surface area contributed by atoms with Crippen molar-refractivity contribution in [2.45, 2.75) is 19.8 Å². The average Bonchev–Trinajstić information content (AvgIpc) is 1.58. The van der Waals surface area contributed by atoms with Crippen LogP contribution in [0.2, 0.25) is 0 Å². The minimum atomic E-state index is -0.950. The first kappa shape index (κ1) is 14.0. The van der Waals surface area contributed by atoms with Crippen LogP contribution in [0, 0.1) is 5.92 Å². The van der Waals surface area contributed by atoms with Crippen molar-refractivity contribution < 1.29 is 22.7 Å². The predicted octanol–water partition coefficient (Wildman–Crippen LogP) is 0.416. The quantitative estimate of drug-likeness (QED) is 0.693. The van der Waals surface area contributed by atoms with Gasteiger partial charge in [0.25, 0.3) is 0 Å². The van der Waals surface area contributed by atoms with Crippen molar-refractivity contribution in [1.29, 1.82) is 0 Å². The molecule has 11 heavy (non-hydrogen) atoms. The van der Waals surface area contributed by atoms with Crippen LogP contribution in [-0.2, 0) is 9.59 Å². The van der Waals surface area contributed by atoms with E-state index >= 15 is 0 Å². The molecule has 0 radical (unpaired) electrons. The molecule has 0 fully saturated rings. The molecule has 0 rings (SSSR count). The van der Waals surface area contributed by atoms with Crippen molar-refractivity contribution in [3.8, 4) is 0 Å². The van der Waals surface area contributed by atoms with Crippen LogP contribution in [0.25, 0.3) is 0 Å². The summed E-state index contributed by atoms with van der Waals surface area (Å²) in [4.78, 5) is 20.0. The van der Waals surface area contributed by atoms with Gasteiger partial charge < -0.3 is 13.1 Å². The van der Waals surface area contributed by atoms with E-state index in [2.05, 4.69) is 0 Å². The number of carbonyl (C=O) groups is 2. The largest absolute Gasteiger partial charge is 2.00 e. The van der Waals surface area contributed by atoms with E-state index in [-0.39, 0.29) is 67.1 Å². The maximum absolute atomic E-state index is 10.00. The monoisotopic (exact) mass is 236 g/mol. The second-order valence-corrected chi connectivity index (χ2v) is 2.30. The molecule has 0 amide bonds. The van der Waals surface area contributed by atoms with Gasteiger partial charge in [-0.2, -0.15) is 0 Å². The molecule has 0 aliphatic carbocycles. The molecule has 0 atom stereocenters. The van der Waals surface area contributed by atoms with Gasteiger partial charge in [-0.1, -0.05) is 6.92 Å². The number of hydrogen-bond donors (Lipinski definition) is 2. The van der Waals surface area contributed by atoms with Gasteiger partial charge in [-0.15, -0.1) is 0 Å². The van der Waals surface area contributed by atoms with E-state index in [1.807, 2.05) is 0 Å². The van der Waals surface area contributed by atoms with Crippen LogP contribution >= 0.6 is 0 Å². The zero-order valence-electron chi connectivity index (χ0n) is 8.41. The summed E-state index contributed by atoms with van der Waals surface area (Å²) in [6.07, 6.45) is -0.154. The number of carboxylic acids is 2. The molecule has 0 unspecified atom stereocenters. The van der Waals surface area contributed by atoms with E-state index in [0.29, 0.717) is 0 Å². The topological polar surface area (TPSA) is 74.6 Å². The fourth-order valence-corrected chi connectivity index (χ4v) is 0.668. The molecule has 0 spiro atoms. The second-order valence-electron chi connectivity index (χ2n) is 2.30. The summed E-state index contributed by atoms with van der Waals surface area (Å²) in [6, 6.07) is 0. The van der Waals surface area contributed by atoms with E-state index in [9.17, 15) is 9.59 Å². The zero-order valence-corrected chi connectivity index (χ0v) is 9.89. The molecule has 62 valence electrons. The van der Waals surface area contributed by atoms with Crippen molar-refractivity contribution in [2.24, 2.45) is 5.92 Å². The fraction of sp³-hybridized carbons (Fsp3) is 0.667. The molecule has 0 aromatic carbocycles. The first-order valence-electron chi connectivity index (χ1n) is 2.96. The van der Waals surface area contributed by atoms with Crippen LogP contribution in [0.1, 0.15) is 22.6 Å². The van der Waals surface area contributed by atoms with Gasteiger partial charge in [0.1, 0.15) is 0 Å². The average molecular weight is 236 g/mol. The third-order valence-corrected chi connectivity index (χ3v) is 1.05. The molecule has 4 nitrogen and oxygen atoms in total. The molecule has 0 aromatic rings. The smallest absolute Gasteiger partial charge is 1.00 e. The van der Waals surface area contributed by atoms with Gasteiger partial charge in [-0.25, -0.2) is 0 Å². The van der Waals surface area contributed by atoms with Gasteiger partial charge in [0.15, 0.2) is 0 Å². The zero-order chi connectivity index (χ0) is 8.15. The summed E-state index contributed by atoms with van der Waals surface area (Å²) >= 11 is 0. The Balaban J connectivity index is -0.000000135. The van der Waals surface area contributed by atoms with Gasteiger partial charge in [0.2, 0.25) is 0 Å².